The number of carbonyl (C=O) groups is 1. The van der Waals surface area contributed by atoms with Crippen LogP contribution < -0.4 is 25.4 Å². The zero-order chi connectivity index (χ0) is 21.8. The van der Waals surface area contributed by atoms with Crippen molar-refractivity contribution in [2.75, 3.05) is 32.6 Å². The molecule has 2 rings (SSSR count). The number of carbonyl (C=O) groups excluding carboxylic acids is 1. The topological polar surface area (TPSA) is 84.0 Å². The minimum atomic E-state index is -0.0807. The van der Waals surface area contributed by atoms with Gasteiger partial charge in [-0.25, -0.2) is 0 Å². The van der Waals surface area contributed by atoms with Gasteiger partial charge < -0.3 is 25.4 Å². The van der Waals surface area contributed by atoms with Crippen LogP contribution in [0.2, 0.25) is 0 Å². The molecular weight excluding hydrogens is 380 g/mol. The number of guanidine groups is 1. The SMILES string of the molecule is CCOc1cc(CCCNC(=NC)NCc2cccc(NC(C)=O)c2)ccc1OC. The Morgan fingerprint density at radius 3 is 2.60 bits per heavy atom. The van der Waals surface area contributed by atoms with Gasteiger partial charge in [-0.05, 0) is 55.2 Å². The first-order valence-electron chi connectivity index (χ1n) is 10.2. The lowest BCUT2D eigenvalue weighted by molar-refractivity contribution is -0.114. The standard InChI is InChI=1S/C23H32N4O3/c1-5-30-22-15-18(11-12-21(22)29-4)9-7-13-25-23(24-3)26-16-19-8-6-10-20(14-19)27-17(2)28/h6,8,10-12,14-15H,5,7,9,13,16H2,1-4H3,(H,27,28)(H2,24,25,26). The van der Waals surface area contributed by atoms with Gasteiger partial charge in [0.1, 0.15) is 0 Å². The predicted molar refractivity (Wildman–Crippen MR) is 121 cm³/mol. The number of anilines is 1. The summed E-state index contributed by atoms with van der Waals surface area (Å²) in [7, 11) is 3.40. The molecule has 0 radical (unpaired) electrons. The van der Waals surface area contributed by atoms with E-state index in [4.69, 9.17) is 9.47 Å². The first kappa shape index (κ1) is 23.1. The Kier molecular flexibility index (Phi) is 9.51. The van der Waals surface area contributed by atoms with Crippen LogP contribution in [0.1, 0.15) is 31.4 Å². The number of rotatable bonds is 10. The number of nitrogens with zero attached hydrogens (tertiary/aromatic N) is 1. The van der Waals surface area contributed by atoms with Crippen molar-refractivity contribution in [3.8, 4) is 11.5 Å². The summed E-state index contributed by atoms with van der Waals surface area (Å²) in [6.45, 7) is 5.48. The normalized spacial score (nSPS) is 11.0. The molecule has 30 heavy (non-hydrogen) atoms. The summed E-state index contributed by atoms with van der Waals surface area (Å²) >= 11 is 0. The van der Waals surface area contributed by atoms with Crippen LogP contribution in [0.4, 0.5) is 5.69 Å². The van der Waals surface area contributed by atoms with Gasteiger partial charge >= 0.3 is 0 Å². The average Bonchev–Trinajstić information content (AvgIpc) is 2.73. The van der Waals surface area contributed by atoms with E-state index in [1.165, 1.54) is 12.5 Å². The maximum atomic E-state index is 11.2. The van der Waals surface area contributed by atoms with Crippen LogP contribution in [0.3, 0.4) is 0 Å². The molecule has 0 saturated heterocycles. The third-order valence-corrected chi connectivity index (χ3v) is 4.39. The number of aryl methyl sites for hydroxylation is 1. The molecule has 0 heterocycles. The Morgan fingerprint density at radius 2 is 1.90 bits per heavy atom. The summed E-state index contributed by atoms with van der Waals surface area (Å²) in [5.41, 5.74) is 3.06. The largest absolute Gasteiger partial charge is 0.493 e. The van der Waals surface area contributed by atoms with E-state index in [1.54, 1.807) is 14.2 Å². The molecule has 0 unspecified atom stereocenters. The van der Waals surface area contributed by atoms with Crippen LogP contribution >= 0.6 is 0 Å². The summed E-state index contributed by atoms with van der Waals surface area (Å²) in [5, 5.41) is 9.42. The lowest BCUT2D eigenvalue weighted by Gasteiger charge is -2.13. The van der Waals surface area contributed by atoms with Crippen molar-refractivity contribution in [3.05, 3.63) is 53.6 Å². The lowest BCUT2D eigenvalue weighted by atomic mass is 10.1. The Balaban J connectivity index is 1.78. The van der Waals surface area contributed by atoms with Gasteiger partial charge in [0.05, 0.1) is 13.7 Å². The van der Waals surface area contributed by atoms with Crippen molar-refractivity contribution in [1.29, 1.82) is 0 Å². The third kappa shape index (κ3) is 7.66. The van der Waals surface area contributed by atoms with E-state index in [2.05, 4.69) is 27.0 Å². The summed E-state index contributed by atoms with van der Waals surface area (Å²) in [4.78, 5) is 15.5. The van der Waals surface area contributed by atoms with E-state index in [0.717, 1.165) is 48.1 Å². The van der Waals surface area contributed by atoms with Crippen molar-refractivity contribution in [3.63, 3.8) is 0 Å². The molecule has 7 nitrogen and oxygen atoms in total. The van der Waals surface area contributed by atoms with Crippen LogP contribution in [0.25, 0.3) is 0 Å². The summed E-state index contributed by atoms with van der Waals surface area (Å²) in [5.74, 6) is 2.20. The molecule has 1 amide bonds. The fraction of sp³-hybridized carbons (Fsp3) is 0.391. The van der Waals surface area contributed by atoms with E-state index < -0.39 is 0 Å². The molecule has 162 valence electrons. The zero-order valence-electron chi connectivity index (χ0n) is 18.2. The Morgan fingerprint density at radius 1 is 1.07 bits per heavy atom. The predicted octanol–water partition coefficient (Wildman–Crippen LogP) is 3.35. The number of hydrogen-bond acceptors (Lipinski definition) is 4. The molecule has 0 aliphatic rings. The van der Waals surface area contributed by atoms with Crippen molar-refractivity contribution >= 4 is 17.6 Å². The van der Waals surface area contributed by atoms with Crippen molar-refractivity contribution in [1.82, 2.24) is 10.6 Å². The van der Waals surface area contributed by atoms with E-state index in [0.29, 0.717) is 13.2 Å². The molecule has 7 heteroatoms. The van der Waals surface area contributed by atoms with Gasteiger partial charge in [0.15, 0.2) is 17.5 Å². The highest BCUT2D eigenvalue weighted by Gasteiger charge is 2.06. The maximum absolute atomic E-state index is 11.2. The molecule has 0 saturated carbocycles. The van der Waals surface area contributed by atoms with Crippen LogP contribution in [0, 0.1) is 0 Å². The zero-order valence-corrected chi connectivity index (χ0v) is 18.2. The molecule has 0 aromatic heterocycles. The molecule has 2 aromatic carbocycles. The quantitative estimate of drug-likeness (QED) is 0.317. The molecular formula is C23H32N4O3. The fourth-order valence-electron chi connectivity index (χ4n) is 3.01. The van der Waals surface area contributed by atoms with Gasteiger partial charge in [0.2, 0.25) is 5.91 Å². The Bertz CT molecular complexity index is 852. The minimum Gasteiger partial charge on any atom is -0.493 e. The van der Waals surface area contributed by atoms with Gasteiger partial charge in [0.25, 0.3) is 0 Å². The number of hydrogen-bond donors (Lipinski definition) is 3. The number of aliphatic imine (C=N–C) groups is 1. The maximum Gasteiger partial charge on any atom is 0.221 e. The number of nitrogens with one attached hydrogen (secondary N) is 3. The molecule has 0 spiro atoms. The van der Waals surface area contributed by atoms with Gasteiger partial charge in [-0.15, -0.1) is 0 Å². The fourth-order valence-corrected chi connectivity index (χ4v) is 3.01. The smallest absolute Gasteiger partial charge is 0.221 e. The molecule has 2 aromatic rings. The van der Waals surface area contributed by atoms with Gasteiger partial charge in [0, 0.05) is 32.7 Å². The molecule has 0 bridgehead atoms. The number of benzene rings is 2. The van der Waals surface area contributed by atoms with Gasteiger partial charge in [-0.3, -0.25) is 9.79 Å². The second-order valence-electron chi connectivity index (χ2n) is 6.76. The molecule has 3 N–H and O–H groups in total. The molecule has 0 aliphatic heterocycles. The summed E-state index contributed by atoms with van der Waals surface area (Å²) < 4.78 is 11.0. The summed E-state index contributed by atoms with van der Waals surface area (Å²) in [6, 6.07) is 13.8. The first-order valence-corrected chi connectivity index (χ1v) is 10.2. The Hall–Kier alpha value is -3.22. The van der Waals surface area contributed by atoms with Crippen molar-refractivity contribution < 1.29 is 14.3 Å². The van der Waals surface area contributed by atoms with Crippen molar-refractivity contribution in [2.45, 2.75) is 33.2 Å². The highest BCUT2D eigenvalue weighted by Crippen LogP contribution is 2.28. The average molecular weight is 413 g/mol. The summed E-state index contributed by atoms with van der Waals surface area (Å²) in [6.07, 6.45) is 1.88. The van der Waals surface area contributed by atoms with Crippen molar-refractivity contribution in [2.24, 2.45) is 4.99 Å². The third-order valence-electron chi connectivity index (χ3n) is 4.39. The highest BCUT2D eigenvalue weighted by molar-refractivity contribution is 5.88. The lowest BCUT2D eigenvalue weighted by Crippen LogP contribution is -2.37. The van der Waals surface area contributed by atoms with E-state index >= 15 is 0 Å². The first-order chi connectivity index (χ1) is 14.5. The molecule has 0 aliphatic carbocycles. The monoisotopic (exact) mass is 412 g/mol. The minimum absolute atomic E-state index is 0.0807. The second-order valence-corrected chi connectivity index (χ2v) is 6.76. The number of amides is 1. The van der Waals surface area contributed by atoms with Crippen LogP contribution in [0.15, 0.2) is 47.5 Å². The highest BCUT2D eigenvalue weighted by atomic mass is 16.5. The van der Waals surface area contributed by atoms with E-state index in [1.807, 2.05) is 43.3 Å². The van der Waals surface area contributed by atoms with Crippen LogP contribution in [-0.2, 0) is 17.8 Å². The van der Waals surface area contributed by atoms with E-state index in [-0.39, 0.29) is 5.91 Å². The molecule has 0 atom stereocenters. The van der Waals surface area contributed by atoms with Gasteiger partial charge in [-0.2, -0.15) is 0 Å². The van der Waals surface area contributed by atoms with Gasteiger partial charge in [-0.1, -0.05) is 18.2 Å². The molecule has 0 fully saturated rings. The van der Waals surface area contributed by atoms with E-state index in [9.17, 15) is 4.79 Å². The Labute approximate surface area is 178 Å². The van der Waals surface area contributed by atoms with Crippen LogP contribution in [0.5, 0.6) is 11.5 Å². The number of ether oxygens (including phenoxy) is 2. The number of methoxy groups -OCH3 is 1. The van der Waals surface area contributed by atoms with Crippen LogP contribution in [-0.4, -0.2) is 39.2 Å². The second kappa shape index (κ2) is 12.4.